The molecule has 2 fully saturated rings. The number of para-hydroxylation sites is 1. The van der Waals surface area contributed by atoms with E-state index in [-0.39, 0.29) is 29.9 Å². The summed E-state index contributed by atoms with van der Waals surface area (Å²) >= 11 is 0. The van der Waals surface area contributed by atoms with Gasteiger partial charge in [0.05, 0.1) is 17.1 Å². The van der Waals surface area contributed by atoms with Crippen LogP contribution in [0.2, 0.25) is 0 Å². The van der Waals surface area contributed by atoms with Crippen molar-refractivity contribution in [2.75, 3.05) is 0 Å². The van der Waals surface area contributed by atoms with Gasteiger partial charge in [0.2, 0.25) is 0 Å². The second-order valence-electron chi connectivity index (χ2n) is 9.13. The maximum Gasteiger partial charge on any atom is 0.263 e. The fraction of sp³-hybridized carbons (Fsp3) is 0.308. The van der Waals surface area contributed by atoms with E-state index in [2.05, 4.69) is 10.3 Å². The van der Waals surface area contributed by atoms with Gasteiger partial charge < -0.3 is 9.47 Å². The monoisotopic (exact) mass is 509 g/mol. The van der Waals surface area contributed by atoms with E-state index in [1.807, 2.05) is 18.2 Å². The fourth-order valence-electron chi connectivity index (χ4n) is 5.00. The summed E-state index contributed by atoms with van der Waals surface area (Å²) in [5, 5.41) is 11.4. The number of nitrogens with one attached hydrogen (secondary N) is 2. The Kier molecular flexibility index (Phi) is 6.76. The molecular formula is C26H27N3O6S. The smallest absolute Gasteiger partial charge is 0.263 e. The van der Waals surface area contributed by atoms with Gasteiger partial charge in [-0.25, -0.2) is 13.9 Å². The zero-order valence-corrected chi connectivity index (χ0v) is 20.2. The number of amides is 1. The van der Waals surface area contributed by atoms with Crippen molar-refractivity contribution in [1.29, 1.82) is 0 Å². The van der Waals surface area contributed by atoms with Gasteiger partial charge in [-0.05, 0) is 55.3 Å². The molecule has 0 aliphatic carbocycles. The molecule has 0 saturated carbocycles. The van der Waals surface area contributed by atoms with E-state index >= 15 is 0 Å². The number of ether oxygens (including phenoxy) is 2. The Hall–Kier alpha value is -3.31. The summed E-state index contributed by atoms with van der Waals surface area (Å²) in [7, 11) is -4.05. The highest BCUT2D eigenvalue weighted by Crippen LogP contribution is 2.41. The minimum atomic E-state index is -4.05. The molecule has 1 unspecified atom stereocenters. The molecule has 2 aromatic carbocycles. The Morgan fingerprint density at radius 3 is 2.28 bits per heavy atom. The highest BCUT2D eigenvalue weighted by Gasteiger charge is 2.52. The Balaban J connectivity index is 1.48. The maximum absolute atomic E-state index is 14.0. The van der Waals surface area contributed by atoms with E-state index in [9.17, 15) is 18.4 Å². The van der Waals surface area contributed by atoms with Gasteiger partial charge in [0.15, 0.2) is 9.84 Å². The van der Waals surface area contributed by atoms with Crippen LogP contribution in [0, 0.1) is 0 Å². The van der Waals surface area contributed by atoms with Crippen LogP contribution in [0.25, 0.3) is 0 Å². The quantitative estimate of drug-likeness (QED) is 0.311. The van der Waals surface area contributed by atoms with Crippen molar-refractivity contribution in [2.24, 2.45) is 0 Å². The van der Waals surface area contributed by atoms with Crippen LogP contribution >= 0.6 is 0 Å². The van der Waals surface area contributed by atoms with Crippen molar-refractivity contribution in [2.45, 2.75) is 53.7 Å². The van der Waals surface area contributed by atoms with E-state index in [0.29, 0.717) is 17.1 Å². The van der Waals surface area contributed by atoms with E-state index < -0.39 is 26.7 Å². The summed E-state index contributed by atoms with van der Waals surface area (Å²) in [4.78, 5) is 17.1. The molecule has 1 amide bonds. The Bertz CT molecular complexity index is 1290. The van der Waals surface area contributed by atoms with Crippen LogP contribution in [0.3, 0.4) is 0 Å². The lowest BCUT2D eigenvalue weighted by molar-refractivity contribution is -0.144. The van der Waals surface area contributed by atoms with Gasteiger partial charge in [-0.3, -0.25) is 20.3 Å². The average molecular weight is 510 g/mol. The number of hydroxylamine groups is 1. The third-order valence-electron chi connectivity index (χ3n) is 6.72. The topological polar surface area (TPSA) is 127 Å². The first-order chi connectivity index (χ1) is 17.4. The van der Waals surface area contributed by atoms with Gasteiger partial charge in [-0.15, -0.1) is 0 Å². The first-order valence-electron chi connectivity index (χ1n) is 11.7. The summed E-state index contributed by atoms with van der Waals surface area (Å²) in [6, 6.07) is 18.6. The van der Waals surface area contributed by atoms with Crippen LogP contribution in [-0.4, -0.2) is 42.3 Å². The Labute approximate surface area is 209 Å². The number of fused-ring (bicyclic) bond motifs is 2. The highest BCUT2D eigenvalue weighted by molar-refractivity contribution is 7.91. The van der Waals surface area contributed by atoms with E-state index in [0.717, 1.165) is 12.8 Å². The van der Waals surface area contributed by atoms with Crippen molar-refractivity contribution in [1.82, 2.24) is 15.8 Å². The molecule has 9 nitrogen and oxygen atoms in total. The Morgan fingerprint density at radius 1 is 1.00 bits per heavy atom. The van der Waals surface area contributed by atoms with E-state index in [1.54, 1.807) is 48.1 Å². The second-order valence-corrected chi connectivity index (χ2v) is 11.2. The van der Waals surface area contributed by atoms with E-state index in [4.69, 9.17) is 9.47 Å². The number of hydrogen-bond acceptors (Lipinski definition) is 8. The van der Waals surface area contributed by atoms with Crippen molar-refractivity contribution in [3.63, 3.8) is 0 Å². The molecule has 3 aromatic rings. The predicted octanol–water partition coefficient (Wildman–Crippen LogP) is 3.52. The summed E-state index contributed by atoms with van der Waals surface area (Å²) < 4.78 is 39.6. The number of rotatable bonds is 8. The van der Waals surface area contributed by atoms with Crippen molar-refractivity contribution >= 4 is 15.7 Å². The molecule has 0 spiro atoms. The molecule has 2 saturated heterocycles. The Morgan fingerprint density at radius 2 is 1.67 bits per heavy atom. The maximum atomic E-state index is 14.0. The molecule has 10 heteroatoms. The number of pyridine rings is 1. The molecule has 2 bridgehead atoms. The van der Waals surface area contributed by atoms with Crippen LogP contribution in [0.1, 0.15) is 36.6 Å². The van der Waals surface area contributed by atoms with E-state index in [1.165, 1.54) is 18.3 Å². The molecule has 5 rings (SSSR count). The number of sulfone groups is 1. The number of benzene rings is 2. The number of hydrogen-bond donors (Lipinski definition) is 3. The lowest BCUT2D eigenvalue weighted by Gasteiger charge is -2.41. The van der Waals surface area contributed by atoms with Gasteiger partial charge in [0, 0.05) is 30.8 Å². The molecule has 3 heterocycles. The molecule has 2 aliphatic heterocycles. The molecule has 4 atom stereocenters. The third kappa shape index (κ3) is 4.85. The number of carbonyl (C=O) groups excluding carboxylic acids is 1. The zero-order valence-electron chi connectivity index (χ0n) is 19.4. The van der Waals surface area contributed by atoms with Crippen LogP contribution < -0.4 is 15.5 Å². The van der Waals surface area contributed by atoms with Gasteiger partial charge >= 0.3 is 0 Å². The van der Waals surface area contributed by atoms with Crippen molar-refractivity contribution in [3.05, 3.63) is 84.7 Å². The molecule has 3 N–H and O–H groups in total. The predicted molar refractivity (Wildman–Crippen MR) is 130 cm³/mol. The first-order valence-corrected chi connectivity index (χ1v) is 13.3. The van der Waals surface area contributed by atoms with Gasteiger partial charge in [0.25, 0.3) is 5.91 Å². The summed E-state index contributed by atoms with van der Waals surface area (Å²) in [6.07, 6.45) is 4.66. The zero-order chi connectivity index (χ0) is 25.2. The molecule has 1 aromatic heterocycles. The molecular weight excluding hydrogens is 482 g/mol. The second kappa shape index (κ2) is 9.98. The van der Waals surface area contributed by atoms with Crippen molar-refractivity contribution in [3.8, 4) is 11.5 Å². The van der Waals surface area contributed by atoms with Crippen LogP contribution in [0.5, 0.6) is 11.5 Å². The third-order valence-corrected chi connectivity index (χ3v) is 8.66. The van der Waals surface area contributed by atoms with Crippen LogP contribution in [-0.2, 0) is 19.4 Å². The minimum Gasteiger partial charge on any atom is -0.457 e. The van der Waals surface area contributed by atoms with Crippen LogP contribution in [0.4, 0.5) is 0 Å². The van der Waals surface area contributed by atoms with Gasteiger partial charge in [0.1, 0.15) is 22.4 Å². The lowest BCUT2D eigenvalue weighted by atomic mass is 9.85. The SMILES string of the molecule is O=C(NO)[C@@]1(NC(c2cccnc2)S(=O)(=O)c2ccc(Oc3ccccc3)cc2)C[C@H]2CC[C@@H](C1)O2. The fourth-order valence-corrected chi connectivity index (χ4v) is 6.66. The molecule has 188 valence electrons. The summed E-state index contributed by atoms with van der Waals surface area (Å²) in [6.45, 7) is 0. The highest BCUT2D eigenvalue weighted by atomic mass is 32.2. The summed E-state index contributed by atoms with van der Waals surface area (Å²) in [5.74, 6) is 0.440. The van der Waals surface area contributed by atoms with Crippen molar-refractivity contribution < 1.29 is 27.9 Å². The largest absolute Gasteiger partial charge is 0.457 e. The molecule has 0 radical (unpaired) electrons. The minimum absolute atomic E-state index is 0.0545. The average Bonchev–Trinajstić information content (AvgIpc) is 3.26. The number of nitrogens with zero attached hydrogens (tertiary/aromatic N) is 1. The van der Waals surface area contributed by atoms with Gasteiger partial charge in [-0.2, -0.15) is 0 Å². The first kappa shape index (κ1) is 24.4. The molecule has 36 heavy (non-hydrogen) atoms. The van der Waals surface area contributed by atoms with Crippen LogP contribution in [0.15, 0.2) is 84.0 Å². The van der Waals surface area contributed by atoms with Gasteiger partial charge in [-0.1, -0.05) is 24.3 Å². The number of aromatic nitrogens is 1. The number of carbonyl (C=O) groups is 1. The summed E-state index contributed by atoms with van der Waals surface area (Å²) in [5.41, 5.74) is 0.789. The molecule has 2 aliphatic rings. The standard InChI is InChI=1S/C26H27N3O6S/c30-25(29-31)26(15-21-8-9-22(16-26)35-21)28-24(18-5-4-14-27-17-18)36(32,33)23-12-10-20(11-13-23)34-19-6-2-1-3-7-19/h1-7,10-14,17,21-22,24,28,31H,8-9,15-16H2,(H,29,30)/t21-,22+,24?,26-. The normalized spacial score (nSPS) is 24.1. The lowest BCUT2D eigenvalue weighted by Crippen LogP contribution is -2.62.